The van der Waals surface area contributed by atoms with E-state index in [9.17, 15) is 31.5 Å². The molecule has 1 aliphatic heterocycles. The number of nitrogens with zero attached hydrogens (tertiary/aromatic N) is 2. The quantitative estimate of drug-likeness (QED) is 0.290. The molecule has 2 amide bonds. The van der Waals surface area contributed by atoms with E-state index >= 15 is 0 Å². The summed E-state index contributed by atoms with van der Waals surface area (Å²) in [6.07, 6.45) is -0.544. The zero-order chi connectivity index (χ0) is 23.7. The number of benzene rings is 2. The van der Waals surface area contributed by atoms with Gasteiger partial charge < -0.3 is 10.1 Å². The highest BCUT2D eigenvalue weighted by molar-refractivity contribution is 7.80. The predicted octanol–water partition coefficient (Wildman–Crippen LogP) is 3.17. The van der Waals surface area contributed by atoms with Gasteiger partial charge in [-0.05, 0) is 36.5 Å². The lowest BCUT2D eigenvalue weighted by molar-refractivity contribution is -0.129. The maximum absolute atomic E-state index is 14.1. The van der Waals surface area contributed by atoms with E-state index in [0.29, 0.717) is 16.4 Å². The highest BCUT2D eigenvalue weighted by Crippen LogP contribution is 2.30. The standard InChI is InChI=1S/C19H15F5N4O3S/c1-27-18(30)10(7-11(29)25-8-3-5-9(31-2)6-4-8)28(19(27)32)26-17-15(23)13(21)12(20)14(22)16(17)24/h3-6,10,26H,7H2,1-2H3,(H,25,29). The summed E-state index contributed by atoms with van der Waals surface area (Å²) < 4.78 is 73.5. The van der Waals surface area contributed by atoms with Crippen molar-refractivity contribution in [2.45, 2.75) is 12.5 Å². The van der Waals surface area contributed by atoms with Crippen molar-refractivity contribution in [3.63, 3.8) is 0 Å². The van der Waals surface area contributed by atoms with Gasteiger partial charge in [-0.1, -0.05) is 0 Å². The molecule has 1 saturated heterocycles. The van der Waals surface area contributed by atoms with Crippen LogP contribution in [0, 0.1) is 29.1 Å². The minimum Gasteiger partial charge on any atom is -0.497 e. The number of hydrogen-bond donors (Lipinski definition) is 2. The van der Waals surface area contributed by atoms with Gasteiger partial charge in [-0.3, -0.25) is 19.9 Å². The van der Waals surface area contributed by atoms with Crippen LogP contribution in [0.4, 0.5) is 33.3 Å². The maximum Gasteiger partial charge on any atom is 0.253 e. The molecule has 7 nitrogen and oxygen atoms in total. The number of thiocarbonyl (C=S) groups is 1. The Morgan fingerprint density at radius 3 is 2.09 bits per heavy atom. The second-order valence-corrected chi connectivity index (χ2v) is 6.97. The fraction of sp³-hybridized carbons (Fsp3) is 0.211. The molecule has 3 rings (SSSR count). The van der Waals surface area contributed by atoms with Gasteiger partial charge in [0.25, 0.3) is 5.91 Å². The summed E-state index contributed by atoms with van der Waals surface area (Å²) in [5.41, 5.74) is 0.930. The lowest BCUT2D eigenvalue weighted by atomic mass is 10.2. The molecule has 13 heteroatoms. The van der Waals surface area contributed by atoms with Crippen molar-refractivity contribution in [3.05, 3.63) is 53.4 Å². The van der Waals surface area contributed by atoms with E-state index in [1.807, 2.05) is 5.43 Å². The molecule has 1 unspecified atom stereocenters. The third-order valence-electron chi connectivity index (χ3n) is 4.61. The van der Waals surface area contributed by atoms with Crippen molar-refractivity contribution in [1.82, 2.24) is 9.91 Å². The molecule has 1 atom stereocenters. The van der Waals surface area contributed by atoms with Crippen LogP contribution in [0.5, 0.6) is 5.75 Å². The van der Waals surface area contributed by atoms with Crippen molar-refractivity contribution in [3.8, 4) is 5.75 Å². The van der Waals surface area contributed by atoms with Crippen LogP contribution in [0.1, 0.15) is 6.42 Å². The van der Waals surface area contributed by atoms with Crippen molar-refractivity contribution in [2.24, 2.45) is 0 Å². The Kier molecular flexibility index (Phi) is 6.48. The van der Waals surface area contributed by atoms with Gasteiger partial charge in [-0.25, -0.2) is 27.0 Å². The minimum absolute atomic E-state index is 0.332. The minimum atomic E-state index is -2.34. The SMILES string of the molecule is COc1ccc(NC(=O)CC2C(=O)N(C)C(=S)N2Nc2c(F)c(F)c(F)c(F)c2F)cc1. The first-order chi connectivity index (χ1) is 15.1. The summed E-state index contributed by atoms with van der Waals surface area (Å²) in [6, 6.07) is 4.82. The topological polar surface area (TPSA) is 73.9 Å². The number of anilines is 2. The molecule has 2 N–H and O–H groups in total. The van der Waals surface area contributed by atoms with Gasteiger partial charge in [0.2, 0.25) is 11.7 Å². The van der Waals surface area contributed by atoms with Crippen molar-refractivity contribution >= 4 is 40.5 Å². The fourth-order valence-corrected chi connectivity index (χ4v) is 3.18. The number of rotatable bonds is 6. The molecule has 32 heavy (non-hydrogen) atoms. The molecular weight excluding hydrogens is 459 g/mol. The molecule has 0 bridgehead atoms. The highest BCUT2D eigenvalue weighted by atomic mass is 32.1. The van der Waals surface area contributed by atoms with E-state index in [-0.39, 0.29) is 5.11 Å². The Morgan fingerprint density at radius 2 is 1.56 bits per heavy atom. The van der Waals surface area contributed by atoms with E-state index in [0.717, 1.165) is 4.90 Å². The summed E-state index contributed by atoms with van der Waals surface area (Å²) in [5.74, 6) is -11.8. The van der Waals surface area contributed by atoms with E-state index in [1.54, 1.807) is 12.1 Å². The van der Waals surface area contributed by atoms with Crippen molar-refractivity contribution < 1.29 is 36.3 Å². The third kappa shape index (κ3) is 4.15. The molecule has 2 aromatic rings. The Bertz CT molecular complexity index is 1070. The van der Waals surface area contributed by atoms with Crippen LogP contribution >= 0.6 is 12.2 Å². The Balaban J connectivity index is 1.84. The zero-order valence-electron chi connectivity index (χ0n) is 16.5. The number of halogens is 5. The van der Waals surface area contributed by atoms with Crippen LogP contribution in [0.15, 0.2) is 24.3 Å². The Labute approximate surface area is 183 Å². The van der Waals surface area contributed by atoms with Gasteiger partial charge in [0.15, 0.2) is 28.4 Å². The molecule has 1 aliphatic rings. The molecule has 0 aliphatic carbocycles. The normalized spacial score (nSPS) is 15.9. The Hall–Kier alpha value is -3.48. The monoisotopic (exact) mass is 474 g/mol. The molecule has 1 heterocycles. The third-order valence-corrected chi connectivity index (χ3v) is 5.09. The van der Waals surface area contributed by atoms with Gasteiger partial charge in [0.1, 0.15) is 17.5 Å². The number of hydrogen-bond acceptors (Lipinski definition) is 5. The number of carbonyl (C=O) groups excluding carboxylic acids is 2. The lowest BCUT2D eigenvalue weighted by Gasteiger charge is -2.25. The molecule has 0 spiro atoms. The lowest BCUT2D eigenvalue weighted by Crippen LogP contribution is -2.42. The number of amides is 2. The average Bonchev–Trinajstić information content (AvgIpc) is 2.97. The molecule has 170 valence electrons. The van der Waals surface area contributed by atoms with Crippen molar-refractivity contribution in [1.29, 1.82) is 0 Å². The first-order valence-corrected chi connectivity index (χ1v) is 9.30. The number of carbonyl (C=O) groups is 2. The van der Waals surface area contributed by atoms with E-state index in [2.05, 4.69) is 5.32 Å². The van der Waals surface area contributed by atoms with Gasteiger partial charge in [-0.2, -0.15) is 0 Å². The fourth-order valence-electron chi connectivity index (χ4n) is 2.91. The summed E-state index contributed by atoms with van der Waals surface area (Å²) in [7, 11) is 2.70. The summed E-state index contributed by atoms with van der Waals surface area (Å²) in [5, 5.41) is 2.89. The van der Waals surface area contributed by atoms with E-state index in [4.69, 9.17) is 17.0 Å². The summed E-state index contributed by atoms with van der Waals surface area (Å²) in [4.78, 5) is 25.9. The number of hydrazine groups is 1. The second-order valence-electron chi connectivity index (χ2n) is 6.60. The van der Waals surface area contributed by atoms with Crippen LogP contribution in [-0.4, -0.2) is 47.0 Å². The smallest absolute Gasteiger partial charge is 0.253 e. The average molecular weight is 474 g/mol. The molecule has 0 aromatic heterocycles. The maximum atomic E-state index is 14.1. The van der Waals surface area contributed by atoms with Crippen molar-refractivity contribution in [2.75, 3.05) is 24.9 Å². The van der Waals surface area contributed by atoms with Crippen LogP contribution in [-0.2, 0) is 9.59 Å². The van der Waals surface area contributed by atoms with Crippen LogP contribution < -0.4 is 15.5 Å². The number of ether oxygens (including phenoxy) is 1. The van der Waals surface area contributed by atoms with Crippen LogP contribution in [0.3, 0.4) is 0 Å². The summed E-state index contributed by atoms with van der Waals surface area (Å²) in [6.45, 7) is 0. The molecule has 1 fully saturated rings. The summed E-state index contributed by atoms with van der Waals surface area (Å²) >= 11 is 5.02. The van der Waals surface area contributed by atoms with Crippen LogP contribution in [0.25, 0.3) is 0 Å². The Morgan fingerprint density at radius 1 is 1.03 bits per heavy atom. The predicted molar refractivity (Wildman–Crippen MR) is 107 cm³/mol. The van der Waals surface area contributed by atoms with Gasteiger partial charge in [0, 0.05) is 12.7 Å². The molecule has 0 radical (unpaired) electrons. The van der Waals surface area contributed by atoms with Gasteiger partial charge in [-0.15, -0.1) is 0 Å². The first-order valence-electron chi connectivity index (χ1n) is 8.89. The molecule has 0 saturated carbocycles. The number of methoxy groups -OCH3 is 1. The highest BCUT2D eigenvalue weighted by Gasteiger charge is 2.43. The number of nitrogens with one attached hydrogen (secondary N) is 2. The van der Waals surface area contributed by atoms with Crippen LogP contribution in [0.2, 0.25) is 0 Å². The van der Waals surface area contributed by atoms with Gasteiger partial charge in [0.05, 0.1) is 13.5 Å². The van der Waals surface area contributed by atoms with E-state index in [1.165, 1.54) is 26.3 Å². The zero-order valence-corrected chi connectivity index (χ0v) is 17.3. The molecular formula is C19H15F5N4O3S. The van der Waals surface area contributed by atoms with E-state index < -0.39 is 59.1 Å². The van der Waals surface area contributed by atoms with Gasteiger partial charge >= 0.3 is 0 Å². The first kappa shape index (κ1) is 23.2. The second kappa shape index (κ2) is 8.94. The molecule has 2 aromatic carbocycles. The largest absolute Gasteiger partial charge is 0.497 e. The number of likely N-dealkylation sites (N-methyl/N-ethyl adjacent to an activating group) is 1.